The van der Waals surface area contributed by atoms with Gasteiger partial charge in [0.05, 0.1) is 17.6 Å². The molecule has 1 atom stereocenters. The summed E-state index contributed by atoms with van der Waals surface area (Å²) >= 11 is 5.47. The third-order valence-corrected chi connectivity index (χ3v) is 5.29. The fourth-order valence-electron chi connectivity index (χ4n) is 2.46. The zero-order valence-corrected chi connectivity index (χ0v) is 15.4. The van der Waals surface area contributed by atoms with Crippen LogP contribution in [-0.2, 0) is 0 Å². The summed E-state index contributed by atoms with van der Waals surface area (Å²) in [4.78, 5) is 2.76. The lowest BCUT2D eigenvalue weighted by Crippen LogP contribution is -2.23. The van der Waals surface area contributed by atoms with Crippen molar-refractivity contribution in [3.05, 3.63) is 49.6 Å². The van der Waals surface area contributed by atoms with E-state index in [1.165, 1.54) is 20.9 Å². The molecule has 0 spiro atoms. The van der Waals surface area contributed by atoms with Crippen molar-refractivity contribution in [1.29, 1.82) is 0 Å². The number of hydrogen-bond acceptors (Lipinski definition) is 3. The highest BCUT2D eigenvalue weighted by atomic mass is 79.9. The fraction of sp³-hybridized carbons (Fsp3) is 0.412. The van der Waals surface area contributed by atoms with Crippen molar-refractivity contribution in [2.45, 2.75) is 33.2 Å². The van der Waals surface area contributed by atoms with E-state index in [0.717, 1.165) is 23.2 Å². The lowest BCUT2D eigenvalue weighted by atomic mass is 10.0. The molecule has 0 fully saturated rings. The summed E-state index contributed by atoms with van der Waals surface area (Å²) in [5.41, 5.74) is 2.62. The maximum absolute atomic E-state index is 5.33. The first-order valence-corrected chi connectivity index (χ1v) is 8.81. The second kappa shape index (κ2) is 7.43. The van der Waals surface area contributed by atoms with Gasteiger partial charge in [0.25, 0.3) is 0 Å². The molecule has 0 amide bonds. The van der Waals surface area contributed by atoms with Gasteiger partial charge in [-0.05, 0) is 72.1 Å². The van der Waals surface area contributed by atoms with E-state index in [9.17, 15) is 0 Å². The molecule has 2 nitrogen and oxygen atoms in total. The molecule has 0 aliphatic heterocycles. The van der Waals surface area contributed by atoms with E-state index in [-0.39, 0.29) is 6.04 Å². The monoisotopic (exact) mass is 367 g/mol. The van der Waals surface area contributed by atoms with Crippen molar-refractivity contribution in [2.75, 3.05) is 13.7 Å². The van der Waals surface area contributed by atoms with Crippen molar-refractivity contribution in [3.63, 3.8) is 0 Å². The average Bonchev–Trinajstić information content (AvgIpc) is 2.78. The third-order valence-electron chi connectivity index (χ3n) is 3.45. The molecule has 114 valence electrons. The lowest BCUT2D eigenvalue weighted by Gasteiger charge is -2.20. The van der Waals surface area contributed by atoms with Crippen molar-refractivity contribution in [1.82, 2.24) is 5.32 Å². The smallest absolute Gasteiger partial charge is 0.133 e. The molecule has 1 N–H and O–H groups in total. The van der Waals surface area contributed by atoms with Gasteiger partial charge in [-0.3, -0.25) is 0 Å². The van der Waals surface area contributed by atoms with Gasteiger partial charge in [0.2, 0.25) is 0 Å². The van der Waals surface area contributed by atoms with E-state index in [2.05, 4.69) is 60.2 Å². The molecule has 2 aromatic rings. The molecule has 0 radical (unpaired) electrons. The normalized spacial score (nSPS) is 12.4. The van der Waals surface area contributed by atoms with Crippen molar-refractivity contribution in [2.24, 2.45) is 0 Å². The quantitative estimate of drug-likeness (QED) is 0.754. The highest BCUT2D eigenvalue weighted by molar-refractivity contribution is 9.10. The van der Waals surface area contributed by atoms with Gasteiger partial charge in [-0.1, -0.05) is 13.0 Å². The zero-order valence-electron chi connectivity index (χ0n) is 13.0. The summed E-state index contributed by atoms with van der Waals surface area (Å²) in [6.07, 6.45) is 1.12. The van der Waals surface area contributed by atoms with Gasteiger partial charge >= 0.3 is 0 Å². The maximum atomic E-state index is 5.33. The van der Waals surface area contributed by atoms with Crippen molar-refractivity contribution < 1.29 is 4.74 Å². The summed E-state index contributed by atoms with van der Waals surface area (Å²) in [6.45, 7) is 7.56. The number of halogens is 1. The van der Waals surface area contributed by atoms with Gasteiger partial charge < -0.3 is 10.1 Å². The molecule has 0 saturated heterocycles. The number of methoxy groups -OCH3 is 1. The van der Waals surface area contributed by atoms with Gasteiger partial charge in [0.1, 0.15) is 5.75 Å². The minimum Gasteiger partial charge on any atom is -0.496 e. The Morgan fingerprint density at radius 1 is 1.29 bits per heavy atom. The number of nitrogens with one attached hydrogen (secondary N) is 1. The van der Waals surface area contributed by atoms with Gasteiger partial charge in [0.15, 0.2) is 0 Å². The van der Waals surface area contributed by atoms with Gasteiger partial charge in [-0.15, -0.1) is 11.3 Å². The van der Waals surface area contributed by atoms with E-state index in [1.807, 2.05) is 17.4 Å². The number of rotatable bonds is 6. The van der Waals surface area contributed by atoms with E-state index in [0.29, 0.717) is 0 Å². The summed E-state index contributed by atoms with van der Waals surface area (Å²) in [6, 6.07) is 8.83. The Hall–Kier alpha value is -0.840. The topological polar surface area (TPSA) is 21.3 Å². The molecule has 1 unspecified atom stereocenters. The second-order valence-corrected chi connectivity index (χ2v) is 7.33. The lowest BCUT2D eigenvalue weighted by molar-refractivity contribution is 0.411. The highest BCUT2D eigenvalue weighted by Crippen LogP contribution is 2.35. The first-order chi connectivity index (χ1) is 10.1. The van der Waals surface area contributed by atoms with Crippen molar-refractivity contribution in [3.8, 4) is 5.75 Å². The number of thiophene rings is 1. The van der Waals surface area contributed by atoms with Crippen LogP contribution in [-0.4, -0.2) is 13.7 Å². The third kappa shape index (κ3) is 3.87. The standard InChI is InChI=1S/C17H22BrNOS/c1-5-8-19-16(17-11(2)9-12(3)21-17)13-6-7-15(20-4)14(18)10-13/h6-7,9-10,16,19H,5,8H2,1-4H3. The molecule has 2 rings (SSSR count). The Balaban J connectivity index is 2.40. The number of hydrogen-bond donors (Lipinski definition) is 1. The van der Waals surface area contributed by atoms with Crippen LogP contribution in [0.3, 0.4) is 0 Å². The molecule has 21 heavy (non-hydrogen) atoms. The first kappa shape index (κ1) is 16.5. The second-order valence-electron chi connectivity index (χ2n) is 5.19. The van der Waals surface area contributed by atoms with Crippen LogP contribution in [0.25, 0.3) is 0 Å². The molecule has 0 saturated carbocycles. The molecule has 4 heteroatoms. The Morgan fingerprint density at radius 3 is 2.57 bits per heavy atom. The Kier molecular flexibility index (Phi) is 5.85. The average molecular weight is 368 g/mol. The van der Waals surface area contributed by atoms with E-state index in [4.69, 9.17) is 4.74 Å². The van der Waals surface area contributed by atoms with Gasteiger partial charge in [-0.2, -0.15) is 0 Å². The maximum Gasteiger partial charge on any atom is 0.133 e. The molecule has 0 aliphatic rings. The van der Waals surface area contributed by atoms with E-state index >= 15 is 0 Å². The van der Waals surface area contributed by atoms with Crippen LogP contribution in [0.2, 0.25) is 0 Å². The summed E-state index contributed by atoms with van der Waals surface area (Å²) in [5.74, 6) is 0.868. The Bertz CT molecular complexity index is 609. The molecule has 0 bridgehead atoms. The van der Waals surface area contributed by atoms with Crippen molar-refractivity contribution >= 4 is 27.3 Å². The summed E-state index contributed by atoms with van der Waals surface area (Å²) < 4.78 is 6.33. The van der Waals surface area contributed by atoms with Crippen LogP contribution in [0.15, 0.2) is 28.7 Å². The molecule has 1 aromatic heterocycles. The summed E-state index contributed by atoms with van der Waals surface area (Å²) in [7, 11) is 1.69. The predicted molar refractivity (Wildman–Crippen MR) is 94.6 cm³/mol. The van der Waals surface area contributed by atoms with Crippen LogP contribution in [0.1, 0.15) is 40.3 Å². The first-order valence-electron chi connectivity index (χ1n) is 7.20. The van der Waals surface area contributed by atoms with E-state index in [1.54, 1.807) is 7.11 Å². The van der Waals surface area contributed by atoms with Crippen LogP contribution in [0.4, 0.5) is 0 Å². The minimum atomic E-state index is 0.242. The van der Waals surface area contributed by atoms with Crippen LogP contribution in [0, 0.1) is 13.8 Å². The van der Waals surface area contributed by atoms with Gasteiger partial charge in [-0.25, -0.2) is 0 Å². The van der Waals surface area contributed by atoms with Crippen LogP contribution >= 0.6 is 27.3 Å². The predicted octanol–water partition coefficient (Wildman–Crippen LogP) is 5.23. The van der Waals surface area contributed by atoms with Gasteiger partial charge in [0, 0.05) is 9.75 Å². The van der Waals surface area contributed by atoms with Crippen LogP contribution in [0.5, 0.6) is 5.75 Å². The Labute approximate surface area is 139 Å². The molecular formula is C17H22BrNOS. The molecule has 0 aliphatic carbocycles. The Morgan fingerprint density at radius 2 is 2.05 bits per heavy atom. The number of benzene rings is 1. The fourth-order valence-corrected chi connectivity index (χ4v) is 4.16. The number of ether oxygens (including phenoxy) is 1. The molecule has 1 aromatic carbocycles. The molecule has 1 heterocycles. The largest absolute Gasteiger partial charge is 0.496 e. The SMILES string of the molecule is CCCNC(c1ccc(OC)c(Br)c1)c1sc(C)cc1C. The van der Waals surface area contributed by atoms with E-state index < -0.39 is 0 Å². The van der Waals surface area contributed by atoms with Crippen LogP contribution < -0.4 is 10.1 Å². The molecular weight excluding hydrogens is 346 g/mol. The number of aryl methyl sites for hydroxylation is 2. The highest BCUT2D eigenvalue weighted by Gasteiger charge is 2.19. The summed E-state index contributed by atoms with van der Waals surface area (Å²) in [5, 5.41) is 3.67. The zero-order chi connectivity index (χ0) is 15.4. The minimum absolute atomic E-state index is 0.242.